The topological polar surface area (TPSA) is 12.9 Å². The van der Waals surface area contributed by atoms with Crippen molar-refractivity contribution in [3.05, 3.63) is 28.5 Å². The molecular weight excluding hydrogens is 190 g/mol. The van der Waals surface area contributed by atoms with Crippen molar-refractivity contribution in [1.82, 2.24) is 4.98 Å². The maximum absolute atomic E-state index is 5.11. The lowest BCUT2D eigenvalue weighted by atomic mass is 10.3. The second-order valence-corrected chi connectivity index (χ2v) is 2.65. The van der Waals surface area contributed by atoms with Gasteiger partial charge >= 0.3 is 0 Å². The summed E-state index contributed by atoms with van der Waals surface area (Å²) in [6, 6.07) is 5.70. The van der Waals surface area contributed by atoms with E-state index < -0.39 is 0 Å². The van der Waals surface area contributed by atoms with Gasteiger partial charge < -0.3 is 0 Å². The lowest BCUT2D eigenvalue weighted by Crippen LogP contribution is -1.86. The Hall–Kier alpha value is -0.810. The Kier molecular flexibility index (Phi) is 2.47. The van der Waals surface area contributed by atoms with Crippen molar-refractivity contribution in [3.63, 3.8) is 0 Å². The quantitative estimate of drug-likeness (QED) is 0.494. The normalized spacial score (nSPS) is 8.80. The van der Waals surface area contributed by atoms with Crippen LogP contribution in [-0.2, 0) is 6.42 Å². The van der Waals surface area contributed by atoms with Gasteiger partial charge in [-0.15, -0.1) is 12.3 Å². The van der Waals surface area contributed by atoms with Crippen molar-refractivity contribution < 1.29 is 0 Å². The molecule has 0 N–H and O–H groups in total. The van der Waals surface area contributed by atoms with E-state index in [4.69, 9.17) is 6.42 Å². The van der Waals surface area contributed by atoms with Crippen LogP contribution in [0.3, 0.4) is 0 Å². The maximum Gasteiger partial charge on any atom is 0.106 e. The van der Waals surface area contributed by atoms with Crippen molar-refractivity contribution >= 4 is 15.9 Å². The van der Waals surface area contributed by atoms with Gasteiger partial charge in [0, 0.05) is 0 Å². The Balaban J connectivity index is 2.87. The average molecular weight is 196 g/mol. The highest BCUT2D eigenvalue weighted by molar-refractivity contribution is 9.10. The van der Waals surface area contributed by atoms with E-state index in [0.717, 1.165) is 10.3 Å². The van der Waals surface area contributed by atoms with Crippen molar-refractivity contribution in [3.8, 4) is 12.3 Å². The van der Waals surface area contributed by atoms with Crippen LogP contribution in [0.2, 0.25) is 0 Å². The molecule has 1 aromatic rings. The van der Waals surface area contributed by atoms with Crippen molar-refractivity contribution in [2.24, 2.45) is 0 Å². The summed E-state index contributed by atoms with van der Waals surface area (Å²) in [7, 11) is 0. The molecule has 1 rings (SSSR count). The van der Waals surface area contributed by atoms with Crippen LogP contribution in [0.1, 0.15) is 5.69 Å². The number of aromatic nitrogens is 1. The zero-order chi connectivity index (χ0) is 7.40. The number of halogens is 1. The summed E-state index contributed by atoms with van der Waals surface area (Å²) in [5.41, 5.74) is 0.928. The number of nitrogens with zero attached hydrogens (tertiary/aromatic N) is 1. The third-order valence-electron chi connectivity index (χ3n) is 1.06. The number of pyridine rings is 1. The fraction of sp³-hybridized carbons (Fsp3) is 0.125. The molecule has 1 nitrogen and oxygen atoms in total. The molecule has 0 spiro atoms. The molecule has 0 saturated heterocycles. The smallest absolute Gasteiger partial charge is 0.106 e. The summed E-state index contributed by atoms with van der Waals surface area (Å²) in [6.45, 7) is 0. The van der Waals surface area contributed by atoms with Gasteiger partial charge in [-0.3, -0.25) is 0 Å². The first-order valence-electron chi connectivity index (χ1n) is 2.88. The number of hydrogen-bond donors (Lipinski definition) is 0. The molecule has 0 bridgehead atoms. The zero-order valence-electron chi connectivity index (χ0n) is 5.34. The molecule has 0 aliphatic rings. The minimum atomic E-state index is 0.597. The summed E-state index contributed by atoms with van der Waals surface area (Å²) < 4.78 is 0.834. The average Bonchev–Trinajstić information content (AvgIpc) is 1.88. The Morgan fingerprint density at radius 2 is 2.40 bits per heavy atom. The Labute approximate surface area is 68.6 Å². The lowest BCUT2D eigenvalue weighted by molar-refractivity contribution is 1.11. The number of terminal acetylenes is 1. The van der Waals surface area contributed by atoms with E-state index in [0.29, 0.717) is 6.42 Å². The molecule has 0 radical (unpaired) electrons. The Bertz CT molecular complexity index is 262. The molecule has 0 aliphatic heterocycles. The first-order valence-corrected chi connectivity index (χ1v) is 3.67. The molecule has 0 fully saturated rings. The van der Waals surface area contributed by atoms with E-state index in [9.17, 15) is 0 Å². The highest BCUT2D eigenvalue weighted by Crippen LogP contribution is 2.05. The fourth-order valence-electron chi connectivity index (χ4n) is 0.653. The molecule has 1 aromatic heterocycles. The van der Waals surface area contributed by atoms with Gasteiger partial charge in [0.05, 0.1) is 12.1 Å². The molecule has 1 heterocycles. The minimum Gasteiger partial charge on any atom is -0.245 e. The maximum atomic E-state index is 5.11. The van der Waals surface area contributed by atoms with Crippen LogP contribution in [0.15, 0.2) is 22.8 Å². The Morgan fingerprint density at radius 1 is 1.60 bits per heavy atom. The molecule has 0 aromatic carbocycles. The highest BCUT2D eigenvalue weighted by atomic mass is 79.9. The predicted octanol–water partition coefficient (Wildman–Crippen LogP) is 2.02. The SMILES string of the molecule is C#CCc1cccc(Br)n1. The molecule has 0 atom stereocenters. The molecule has 0 amide bonds. The third kappa shape index (κ3) is 1.85. The summed E-state index contributed by atoms with van der Waals surface area (Å²) >= 11 is 3.25. The van der Waals surface area contributed by atoms with Crippen molar-refractivity contribution in [2.75, 3.05) is 0 Å². The summed E-state index contributed by atoms with van der Waals surface area (Å²) in [5.74, 6) is 2.53. The molecule has 10 heavy (non-hydrogen) atoms. The van der Waals surface area contributed by atoms with Gasteiger partial charge in [-0.1, -0.05) is 6.07 Å². The second kappa shape index (κ2) is 3.38. The fourth-order valence-corrected chi connectivity index (χ4v) is 1.03. The molecular formula is C8H6BrN. The van der Waals surface area contributed by atoms with Crippen LogP contribution in [0.4, 0.5) is 0 Å². The van der Waals surface area contributed by atoms with Crippen LogP contribution in [0.5, 0.6) is 0 Å². The van der Waals surface area contributed by atoms with Gasteiger partial charge in [0.15, 0.2) is 0 Å². The van der Waals surface area contributed by atoms with E-state index in [1.54, 1.807) is 0 Å². The molecule has 2 heteroatoms. The van der Waals surface area contributed by atoms with E-state index in [2.05, 4.69) is 26.8 Å². The molecule has 50 valence electrons. The molecule has 0 saturated carbocycles. The highest BCUT2D eigenvalue weighted by Gasteiger charge is 1.90. The van der Waals surface area contributed by atoms with Crippen LogP contribution >= 0.6 is 15.9 Å². The first-order chi connectivity index (χ1) is 4.83. The standard InChI is InChI=1S/C8H6BrN/c1-2-4-7-5-3-6-8(9)10-7/h1,3,5-6H,4H2. The summed E-state index contributed by atoms with van der Waals surface area (Å²) in [6.07, 6.45) is 5.70. The summed E-state index contributed by atoms with van der Waals surface area (Å²) in [5, 5.41) is 0. The third-order valence-corrected chi connectivity index (χ3v) is 1.50. The first kappa shape index (κ1) is 7.30. The van der Waals surface area contributed by atoms with E-state index >= 15 is 0 Å². The molecule has 0 aliphatic carbocycles. The van der Waals surface area contributed by atoms with Gasteiger partial charge in [-0.2, -0.15) is 0 Å². The second-order valence-electron chi connectivity index (χ2n) is 1.83. The number of hydrogen-bond acceptors (Lipinski definition) is 1. The van der Waals surface area contributed by atoms with E-state index in [1.807, 2.05) is 18.2 Å². The van der Waals surface area contributed by atoms with Crippen LogP contribution in [0.25, 0.3) is 0 Å². The number of rotatable bonds is 1. The zero-order valence-corrected chi connectivity index (χ0v) is 6.93. The lowest BCUT2D eigenvalue weighted by Gasteiger charge is -1.92. The van der Waals surface area contributed by atoms with Crippen LogP contribution < -0.4 is 0 Å². The Morgan fingerprint density at radius 3 is 3.00 bits per heavy atom. The van der Waals surface area contributed by atoms with Gasteiger partial charge in [-0.05, 0) is 28.1 Å². The summed E-state index contributed by atoms with van der Waals surface area (Å²) in [4.78, 5) is 4.14. The van der Waals surface area contributed by atoms with Crippen molar-refractivity contribution in [2.45, 2.75) is 6.42 Å². The van der Waals surface area contributed by atoms with Crippen molar-refractivity contribution in [1.29, 1.82) is 0 Å². The largest absolute Gasteiger partial charge is 0.245 e. The molecule has 0 unspecified atom stereocenters. The van der Waals surface area contributed by atoms with Crippen LogP contribution in [0, 0.1) is 12.3 Å². The van der Waals surface area contributed by atoms with Gasteiger partial charge in [0.25, 0.3) is 0 Å². The van der Waals surface area contributed by atoms with E-state index in [-0.39, 0.29) is 0 Å². The monoisotopic (exact) mass is 195 g/mol. The van der Waals surface area contributed by atoms with E-state index in [1.165, 1.54) is 0 Å². The predicted molar refractivity (Wildman–Crippen MR) is 44.5 cm³/mol. The van der Waals surface area contributed by atoms with Gasteiger partial charge in [0.1, 0.15) is 4.60 Å². The van der Waals surface area contributed by atoms with Gasteiger partial charge in [0.2, 0.25) is 0 Å². The minimum absolute atomic E-state index is 0.597. The van der Waals surface area contributed by atoms with Gasteiger partial charge in [-0.25, -0.2) is 4.98 Å². The van der Waals surface area contributed by atoms with Crippen LogP contribution in [-0.4, -0.2) is 4.98 Å².